The van der Waals surface area contributed by atoms with Gasteiger partial charge < -0.3 is 15.4 Å². The maximum absolute atomic E-state index is 14.6. The second kappa shape index (κ2) is 12.1. The van der Waals surface area contributed by atoms with Crippen LogP contribution in [-0.4, -0.2) is 55.9 Å². The Morgan fingerprint density at radius 2 is 1.90 bits per heavy atom. The number of carbonyl (C=O) groups is 1. The van der Waals surface area contributed by atoms with Gasteiger partial charge in [-0.15, -0.1) is 0 Å². The molecule has 2 aliphatic rings. The van der Waals surface area contributed by atoms with Crippen LogP contribution >= 0.6 is 0 Å². The van der Waals surface area contributed by atoms with Crippen molar-refractivity contribution in [3.05, 3.63) is 77.6 Å². The molecule has 1 aromatic heterocycles. The number of nitrogens with two attached hydrogens (primary N) is 1. The van der Waals surface area contributed by atoms with E-state index in [0.29, 0.717) is 42.4 Å². The molecule has 0 aliphatic carbocycles. The first-order valence-corrected chi connectivity index (χ1v) is 15.4. The second-order valence-corrected chi connectivity index (χ2v) is 12.7. The summed E-state index contributed by atoms with van der Waals surface area (Å²) in [4.78, 5) is 20.4. The smallest absolute Gasteiger partial charge is 0.304 e. The summed E-state index contributed by atoms with van der Waals surface area (Å²) in [5.74, 6) is -0.254. The number of rotatable bonds is 9. The topological polar surface area (TPSA) is 118 Å². The number of halogens is 1. The summed E-state index contributed by atoms with van der Waals surface area (Å²) in [6.45, 7) is 5.47. The maximum atomic E-state index is 14.6. The number of aromatic nitrogens is 1. The van der Waals surface area contributed by atoms with Crippen LogP contribution in [0.1, 0.15) is 55.1 Å². The van der Waals surface area contributed by atoms with Crippen LogP contribution < -0.4 is 20.1 Å². The van der Waals surface area contributed by atoms with E-state index in [1.54, 1.807) is 18.2 Å². The van der Waals surface area contributed by atoms with Gasteiger partial charge in [0.05, 0.1) is 23.9 Å². The number of benzene rings is 2. The van der Waals surface area contributed by atoms with E-state index in [-0.39, 0.29) is 36.7 Å². The molecule has 11 heteroatoms. The van der Waals surface area contributed by atoms with E-state index in [0.717, 1.165) is 18.4 Å². The van der Waals surface area contributed by atoms with Gasteiger partial charge in [-0.1, -0.05) is 44.2 Å². The van der Waals surface area contributed by atoms with Gasteiger partial charge >= 0.3 is 10.2 Å². The van der Waals surface area contributed by atoms with Crippen LogP contribution in [0.3, 0.4) is 0 Å². The van der Waals surface area contributed by atoms with Gasteiger partial charge in [-0.2, -0.15) is 12.7 Å². The SMILES string of the molecule is CC(C)COc1cc(F)cc(-c2ccc(C(=O)NS(=O)(=O)N3CC[C@@H](N)C3)c(N3CCCC3c3ccccc3)n2)c1. The maximum Gasteiger partial charge on any atom is 0.304 e. The predicted octanol–water partition coefficient (Wildman–Crippen LogP) is 4.27. The Kier molecular flexibility index (Phi) is 8.58. The van der Waals surface area contributed by atoms with Crippen molar-refractivity contribution >= 4 is 21.9 Å². The molecular weight excluding hydrogens is 545 g/mol. The Bertz CT molecular complexity index is 1500. The van der Waals surface area contributed by atoms with Gasteiger partial charge in [-0.25, -0.2) is 14.1 Å². The molecule has 3 heterocycles. The summed E-state index contributed by atoms with van der Waals surface area (Å²) < 4.78 is 49.8. The molecule has 3 N–H and O–H groups in total. The summed E-state index contributed by atoms with van der Waals surface area (Å²) in [6, 6.07) is 17.2. The summed E-state index contributed by atoms with van der Waals surface area (Å²) in [6.07, 6.45) is 2.23. The van der Waals surface area contributed by atoms with Crippen molar-refractivity contribution in [2.45, 2.75) is 45.2 Å². The predicted molar refractivity (Wildman–Crippen MR) is 156 cm³/mol. The van der Waals surface area contributed by atoms with E-state index in [4.69, 9.17) is 15.5 Å². The van der Waals surface area contributed by atoms with Crippen molar-refractivity contribution < 1.29 is 22.3 Å². The van der Waals surface area contributed by atoms with E-state index in [9.17, 15) is 17.6 Å². The quantitative estimate of drug-likeness (QED) is 0.388. The normalized spacial score (nSPS) is 19.6. The molecule has 41 heavy (non-hydrogen) atoms. The minimum Gasteiger partial charge on any atom is -0.493 e. The molecule has 0 spiro atoms. The summed E-state index contributed by atoms with van der Waals surface area (Å²) >= 11 is 0. The van der Waals surface area contributed by atoms with Crippen molar-refractivity contribution in [3.8, 4) is 17.0 Å². The third-order valence-electron chi connectivity index (χ3n) is 7.33. The monoisotopic (exact) mass is 581 g/mol. The average Bonchev–Trinajstić information content (AvgIpc) is 3.61. The van der Waals surface area contributed by atoms with Crippen LogP contribution in [0.15, 0.2) is 60.7 Å². The van der Waals surface area contributed by atoms with Crippen LogP contribution in [0.25, 0.3) is 11.3 Å². The average molecular weight is 582 g/mol. The zero-order valence-corrected chi connectivity index (χ0v) is 24.1. The molecule has 1 unspecified atom stereocenters. The summed E-state index contributed by atoms with van der Waals surface area (Å²) in [5.41, 5.74) is 8.02. The lowest BCUT2D eigenvalue weighted by Crippen LogP contribution is -2.43. The van der Waals surface area contributed by atoms with Crippen molar-refractivity contribution in [2.75, 3.05) is 31.1 Å². The number of anilines is 1. The van der Waals surface area contributed by atoms with Crippen LogP contribution in [0.4, 0.5) is 10.2 Å². The lowest BCUT2D eigenvalue weighted by molar-refractivity contribution is 0.0979. The molecular formula is C30H36FN5O4S. The lowest BCUT2D eigenvalue weighted by Gasteiger charge is -2.28. The molecule has 2 atom stereocenters. The Hall–Kier alpha value is -3.54. The Balaban J connectivity index is 1.54. The number of amides is 1. The van der Waals surface area contributed by atoms with E-state index >= 15 is 0 Å². The van der Waals surface area contributed by atoms with E-state index in [2.05, 4.69) is 4.72 Å². The molecule has 2 aliphatic heterocycles. The van der Waals surface area contributed by atoms with Crippen molar-refractivity contribution in [2.24, 2.45) is 11.7 Å². The highest BCUT2D eigenvalue weighted by molar-refractivity contribution is 7.87. The van der Waals surface area contributed by atoms with Gasteiger partial charge in [0.1, 0.15) is 17.4 Å². The standard InChI is InChI=1S/C30H36FN5O4S/c1-20(2)19-40-25-16-22(15-23(31)17-25)27-11-10-26(30(37)34-41(38,39)35-14-12-24(32)18-35)29(33-27)36-13-6-9-28(36)21-7-4-3-5-8-21/h3-5,7-8,10-11,15-17,20,24,28H,6,9,12-14,18-19,32H2,1-2H3,(H,34,37)/t24-,28?/m1/s1. The molecule has 2 saturated heterocycles. The molecule has 3 aromatic rings. The molecule has 0 bridgehead atoms. The molecule has 218 valence electrons. The summed E-state index contributed by atoms with van der Waals surface area (Å²) in [5, 5.41) is 0. The first kappa shape index (κ1) is 29.0. The van der Waals surface area contributed by atoms with E-state index in [1.807, 2.05) is 49.1 Å². The van der Waals surface area contributed by atoms with Crippen LogP contribution in [0, 0.1) is 11.7 Å². The highest BCUT2D eigenvalue weighted by Crippen LogP contribution is 2.38. The van der Waals surface area contributed by atoms with Gasteiger partial charge in [-0.05, 0) is 55.0 Å². The van der Waals surface area contributed by atoms with Crippen LogP contribution in [0.2, 0.25) is 0 Å². The first-order chi connectivity index (χ1) is 19.6. The van der Waals surface area contributed by atoms with Crippen molar-refractivity contribution in [3.63, 3.8) is 0 Å². The number of pyridine rings is 1. The van der Waals surface area contributed by atoms with Gasteiger partial charge in [0.25, 0.3) is 5.91 Å². The molecule has 9 nitrogen and oxygen atoms in total. The fourth-order valence-corrected chi connectivity index (χ4v) is 6.52. The van der Waals surface area contributed by atoms with Crippen LogP contribution in [0.5, 0.6) is 5.75 Å². The van der Waals surface area contributed by atoms with Gasteiger partial charge in [-0.3, -0.25) is 4.79 Å². The minimum absolute atomic E-state index is 0.0591. The van der Waals surface area contributed by atoms with Gasteiger partial charge in [0.15, 0.2) is 0 Å². The zero-order chi connectivity index (χ0) is 29.1. The Labute approximate surface area is 240 Å². The Morgan fingerprint density at radius 1 is 1.12 bits per heavy atom. The highest BCUT2D eigenvalue weighted by atomic mass is 32.2. The van der Waals surface area contributed by atoms with E-state index in [1.165, 1.54) is 16.4 Å². The van der Waals surface area contributed by atoms with Crippen LogP contribution in [-0.2, 0) is 10.2 Å². The van der Waals surface area contributed by atoms with Gasteiger partial charge in [0.2, 0.25) is 0 Å². The highest BCUT2D eigenvalue weighted by Gasteiger charge is 2.34. The fraction of sp³-hybridized carbons (Fsp3) is 0.400. The fourth-order valence-electron chi connectivity index (χ4n) is 5.31. The number of nitrogens with one attached hydrogen (secondary N) is 1. The first-order valence-electron chi connectivity index (χ1n) is 13.9. The Morgan fingerprint density at radius 3 is 2.61 bits per heavy atom. The summed E-state index contributed by atoms with van der Waals surface area (Å²) in [7, 11) is -4.09. The number of hydrogen-bond donors (Lipinski definition) is 2. The molecule has 2 aromatic carbocycles. The second-order valence-electron chi connectivity index (χ2n) is 11.1. The van der Waals surface area contributed by atoms with Crippen molar-refractivity contribution in [1.29, 1.82) is 0 Å². The lowest BCUT2D eigenvalue weighted by atomic mass is 10.0. The molecule has 0 radical (unpaired) electrons. The molecule has 5 rings (SSSR count). The largest absolute Gasteiger partial charge is 0.493 e. The molecule has 1 amide bonds. The number of ether oxygens (including phenoxy) is 1. The zero-order valence-electron chi connectivity index (χ0n) is 23.3. The number of carbonyl (C=O) groups excluding carboxylic acids is 1. The number of nitrogens with zero attached hydrogens (tertiary/aromatic N) is 3. The van der Waals surface area contributed by atoms with Crippen molar-refractivity contribution in [1.82, 2.24) is 14.0 Å². The molecule has 0 saturated carbocycles. The van der Waals surface area contributed by atoms with Gasteiger partial charge in [0, 0.05) is 37.3 Å². The van der Waals surface area contributed by atoms with E-state index < -0.39 is 21.9 Å². The third kappa shape index (κ3) is 6.69. The minimum atomic E-state index is -4.09. The molecule has 2 fully saturated rings. The number of hydrogen-bond acceptors (Lipinski definition) is 7. The third-order valence-corrected chi connectivity index (χ3v) is 8.78.